The Morgan fingerprint density at radius 3 is 2.29 bits per heavy atom. The highest BCUT2D eigenvalue weighted by molar-refractivity contribution is 7.09. The summed E-state index contributed by atoms with van der Waals surface area (Å²) in [7, 11) is 1.59. The van der Waals surface area contributed by atoms with Crippen molar-refractivity contribution in [2.75, 3.05) is 13.9 Å². The van der Waals surface area contributed by atoms with Crippen molar-refractivity contribution in [3.05, 3.63) is 89.5 Å². The number of rotatable bonds is 8. The third kappa shape index (κ3) is 5.13. The van der Waals surface area contributed by atoms with Gasteiger partial charge in [0.2, 0.25) is 5.88 Å². The summed E-state index contributed by atoms with van der Waals surface area (Å²) in [5.41, 5.74) is 7.32. The van der Waals surface area contributed by atoms with Crippen LogP contribution in [0.25, 0.3) is 21.6 Å². The van der Waals surface area contributed by atoms with E-state index in [1.807, 2.05) is 30.3 Å². The summed E-state index contributed by atoms with van der Waals surface area (Å²) in [6, 6.07) is 24.9. The smallest absolute Gasteiger partial charge is 0.227 e. The van der Waals surface area contributed by atoms with Gasteiger partial charge in [-0.05, 0) is 89.1 Å². The number of aromatic nitrogens is 1. The summed E-state index contributed by atoms with van der Waals surface area (Å²) >= 11 is 1.40. The van der Waals surface area contributed by atoms with E-state index in [1.54, 1.807) is 7.11 Å². The first-order chi connectivity index (χ1) is 15.1. The number of benzene rings is 3. The molecule has 0 radical (unpaired) electrons. The number of ether oxygens (including phenoxy) is 3. The first kappa shape index (κ1) is 21.1. The second-order valence-corrected chi connectivity index (χ2v) is 8.17. The SMILES string of the molecule is COCOc1cc(-c2ccc(OCc3cccc(-c4c(C)cccc4C)c3)cc2)sn1. The van der Waals surface area contributed by atoms with Crippen molar-refractivity contribution in [2.24, 2.45) is 0 Å². The quantitative estimate of drug-likeness (QED) is 0.293. The Morgan fingerprint density at radius 1 is 0.806 bits per heavy atom. The molecule has 0 unspecified atom stereocenters. The number of methoxy groups -OCH3 is 1. The van der Waals surface area contributed by atoms with Crippen LogP contribution < -0.4 is 9.47 Å². The Balaban J connectivity index is 1.42. The average Bonchev–Trinajstić information content (AvgIpc) is 3.26. The molecule has 0 aliphatic heterocycles. The molecule has 0 atom stereocenters. The lowest BCUT2D eigenvalue weighted by Gasteiger charge is -2.12. The molecular weight excluding hydrogens is 406 g/mol. The molecule has 0 saturated carbocycles. The molecule has 0 spiro atoms. The maximum absolute atomic E-state index is 6.04. The molecule has 0 aliphatic rings. The van der Waals surface area contributed by atoms with Gasteiger partial charge >= 0.3 is 0 Å². The first-order valence-electron chi connectivity index (χ1n) is 10.1. The van der Waals surface area contributed by atoms with Crippen LogP contribution in [0.5, 0.6) is 11.6 Å². The van der Waals surface area contributed by atoms with Gasteiger partial charge in [0, 0.05) is 13.2 Å². The van der Waals surface area contributed by atoms with Crippen molar-refractivity contribution in [3.63, 3.8) is 0 Å². The van der Waals surface area contributed by atoms with Crippen LogP contribution in [0.3, 0.4) is 0 Å². The second-order valence-electron chi connectivity index (χ2n) is 7.36. The summed E-state index contributed by atoms with van der Waals surface area (Å²) in [6.45, 7) is 5.03. The summed E-state index contributed by atoms with van der Waals surface area (Å²) < 4.78 is 20.6. The Kier molecular flexibility index (Phi) is 6.65. The van der Waals surface area contributed by atoms with E-state index in [0.29, 0.717) is 12.5 Å². The minimum atomic E-state index is 0.195. The summed E-state index contributed by atoms with van der Waals surface area (Å²) in [6.07, 6.45) is 0. The maximum Gasteiger partial charge on any atom is 0.227 e. The zero-order chi connectivity index (χ0) is 21.6. The molecule has 0 bridgehead atoms. The lowest BCUT2D eigenvalue weighted by Crippen LogP contribution is -1.98. The van der Waals surface area contributed by atoms with Gasteiger partial charge in [0.1, 0.15) is 12.4 Å². The highest BCUT2D eigenvalue weighted by Crippen LogP contribution is 2.30. The molecule has 1 aromatic heterocycles. The summed E-state index contributed by atoms with van der Waals surface area (Å²) in [4.78, 5) is 1.04. The number of hydrogen-bond donors (Lipinski definition) is 0. The lowest BCUT2D eigenvalue weighted by molar-refractivity contribution is 0.0486. The molecule has 4 aromatic rings. The zero-order valence-electron chi connectivity index (χ0n) is 17.9. The zero-order valence-corrected chi connectivity index (χ0v) is 18.7. The van der Waals surface area contributed by atoms with E-state index in [2.05, 4.69) is 60.7 Å². The van der Waals surface area contributed by atoms with Gasteiger partial charge in [-0.25, -0.2) is 0 Å². The van der Waals surface area contributed by atoms with Crippen LogP contribution in [0.15, 0.2) is 72.8 Å². The molecular formula is C26H25NO3S. The summed E-state index contributed by atoms with van der Waals surface area (Å²) in [5, 5.41) is 0. The third-order valence-electron chi connectivity index (χ3n) is 5.05. The van der Waals surface area contributed by atoms with Crippen LogP contribution in [-0.4, -0.2) is 18.3 Å². The number of aryl methyl sites for hydroxylation is 2. The minimum absolute atomic E-state index is 0.195. The van der Waals surface area contributed by atoms with Gasteiger partial charge in [0.15, 0.2) is 6.79 Å². The van der Waals surface area contributed by atoms with Crippen molar-refractivity contribution < 1.29 is 14.2 Å². The van der Waals surface area contributed by atoms with E-state index in [1.165, 1.54) is 33.8 Å². The monoisotopic (exact) mass is 431 g/mol. The van der Waals surface area contributed by atoms with Crippen molar-refractivity contribution in [1.82, 2.24) is 4.37 Å². The summed E-state index contributed by atoms with van der Waals surface area (Å²) in [5.74, 6) is 1.41. The fraction of sp³-hybridized carbons (Fsp3) is 0.192. The standard InChI is InChI=1S/C26H25NO3S/c1-18-6-4-7-19(2)26(18)22-9-5-8-20(14-22)16-29-23-12-10-21(11-13-23)24-15-25(27-31-24)30-17-28-3/h4-15H,16-17H2,1-3H3. The minimum Gasteiger partial charge on any atom is -0.489 e. The van der Waals surface area contributed by atoms with E-state index in [0.717, 1.165) is 21.8 Å². The van der Waals surface area contributed by atoms with Crippen LogP contribution >= 0.6 is 11.5 Å². The van der Waals surface area contributed by atoms with Crippen LogP contribution in [0.4, 0.5) is 0 Å². The van der Waals surface area contributed by atoms with E-state index in [9.17, 15) is 0 Å². The van der Waals surface area contributed by atoms with Crippen LogP contribution in [0, 0.1) is 13.8 Å². The molecule has 158 valence electrons. The third-order valence-corrected chi connectivity index (χ3v) is 5.88. The van der Waals surface area contributed by atoms with Gasteiger partial charge in [-0.3, -0.25) is 0 Å². The molecule has 0 fully saturated rings. The molecule has 5 heteroatoms. The molecule has 0 saturated heterocycles. The van der Waals surface area contributed by atoms with Crippen molar-refractivity contribution in [3.8, 4) is 33.2 Å². The fourth-order valence-corrected chi connectivity index (χ4v) is 4.24. The Bertz CT molecular complexity index is 1130. The van der Waals surface area contributed by atoms with Crippen LogP contribution in [0.1, 0.15) is 16.7 Å². The van der Waals surface area contributed by atoms with Crippen molar-refractivity contribution in [1.29, 1.82) is 0 Å². The molecule has 4 rings (SSSR count). The topological polar surface area (TPSA) is 40.6 Å². The van der Waals surface area contributed by atoms with E-state index in [-0.39, 0.29) is 6.79 Å². The van der Waals surface area contributed by atoms with Crippen LogP contribution in [0.2, 0.25) is 0 Å². The average molecular weight is 432 g/mol. The van der Waals surface area contributed by atoms with E-state index in [4.69, 9.17) is 14.2 Å². The Hall–Kier alpha value is -3.15. The van der Waals surface area contributed by atoms with Gasteiger partial charge in [-0.1, -0.05) is 36.4 Å². The van der Waals surface area contributed by atoms with Crippen LogP contribution in [-0.2, 0) is 11.3 Å². The first-order valence-corrected chi connectivity index (χ1v) is 10.9. The predicted octanol–water partition coefficient (Wildman–Crippen LogP) is 6.66. The maximum atomic E-state index is 6.04. The molecule has 0 aliphatic carbocycles. The molecule has 0 N–H and O–H groups in total. The fourth-order valence-electron chi connectivity index (χ4n) is 3.55. The van der Waals surface area contributed by atoms with Gasteiger partial charge < -0.3 is 14.2 Å². The Morgan fingerprint density at radius 2 is 1.55 bits per heavy atom. The van der Waals surface area contributed by atoms with E-state index >= 15 is 0 Å². The highest BCUT2D eigenvalue weighted by Gasteiger charge is 2.08. The normalized spacial score (nSPS) is 10.8. The van der Waals surface area contributed by atoms with Crippen molar-refractivity contribution in [2.45, 2.75) is 20.5 Å². The van der Waals surface area contributed by atoms with Gasteiger partial charge in [0.25, 0.3) is 0 Å². The molecule has 3 aromatic carbocycles. The molecule has 1 heterocycles. The molecule has 4 nitrogen and oxygen atoms in total. The van der Waals surface area contributed by atoms with Gasteiger partial charge in [0.05, 0.1) is 4.88 Å². The highest BCUT2D eigenvalue weighted by atomic mass is 32.1. The van der Waals surface area contributed by atoms with Gasteiger partial charge in [-0.2, -0.15) is 4.37 Å². The van der Waals surface area contributed by atoms with E-state index < -0.39 is 0 Å². The predicted molar refractivity (Wildman–Crippen MR) is 126 cm³/mol. The molecule has 0 amide bonds. The Labute approximate surface area is 187 Å². The van der Waals surface area contributed by atoms with Gasteiger partial charge in [-0.15, -0.1) is 0 Å². The largest absolute Gasteiger partial charge is 0.489 e. The number of nitrogens with zero attached hydrogens (tertiary/aromatic N) is 1. The van der Waals surface area contributed by atoms with Crippen molar-refractivity contribution >= 4 is 11.5 Å². The molecule has 31 heavy (non-hydrogen) atoms. The number of hydrogen-bond acceptors (Lipinski definition) is 5. The lowest BCUT2D eigenvalue weighted by atomic mass is 9.95. The second kappa shape index (κ2) is 9.77.